The van der Waals surface area contributed by atoms with Gasteiger partial charge >= 0.3 is 6.18 Å². The number of aromatic nitrogens is 1. The first-order chi connectivity index (χ1) is 16.1. The zero-order valence-electron chi connectivity index (χ0n) is 18.7. The fraction of sp³-hybridized carbons (Fsp3) is 0.320. The molecule has 4 rings (SSSR count). The summed E-state index contributed by atoms with van der Waals surface area (Å²) in [6.45, 7) is 1.41. The van der Waals surface area contributed by atoms with Gasteiger partial charge in [-0.05, 0) is 60.2 Å². The van der Waals surface area contributed by atoms with Crippen molar-refractivity contribution in [1.29, 1.82) is 0 Å². The van der Waals surface area contributed by atoms with Crippen molar-refractivity contribution in [1.82, 2.24) is 9.29 Å². The van der Waals surface area contributed by atoms with Crippen molar-refractivity contribution in [2.24, 2.45) is 0 Å². The van der Waals surface area contributed by atoms with E-state index >= 15 is 0 Å². The molecule has 0 fully saturated rings. The highest BCUT2D eigenvalue weighted by Gasteiger charge is 2.30. The number of ether oxygens (including phenoxy) is 1. The summed E-state index contributed by atoms with van der Waals surface area (Å²) in [5.74, 6) is 0.773. The lowest BCUT2D eigenvalue weighted by atomic mass is 10.0. The summed E-state index contributed by atoms with van der Waals surface area (Å²) in [7, 11) is -3.19. The first kappa shape index (κ1) is 24.2. The van der Waals surface area contributed by atoms with Gasteiger partial charge in [-0.1, -0.05) is 30.3 Å². The van der Waals surface area contributed by atoms with E-state index in [0.717, 1.165) is 53.1 Å². The lowest BCUT2D eigenvalue weighted by Crippen LogP contribution is -2.35. The van der Waals surface area contributed by atoms with Gasteiger partial charge in [-0.2, -0.15) is 17.5 Å². The van der Waals surface area contributed by atoms with E-state index in [2.05, 4.69) is 4.98 Å². The van der Waals surface area contributed by atoms with Crippen LogP contribution >= 0.6 is 0 Å². The van der Waals surface area contributed by atoms with Crippen molar-refractivity contribution in [3.63, 3.8) is 0 Å². The minimum atomic E-state index is -4.39. The van der Waals surface area contributed by atoms with Crippen LogP contribution in [0.2, 0.25) is 0 Å². The van der Waals surface area contributed by atoms with Crippen molar-refractivity contribution < 1.29 is 26.3 Å². The maximum absolute atomic E-state index is 12.7. The van der Waals surface area contributed by atoms with Gasteiger partial charge in [-0.3, -0.25) is 4.98 Å². The zero-order chi connectivity index (χ0) is 24.3. The maximum atomic E-state index is 12.7. The molecule has 1 aliphatic rings. The summed E-state index contributed by atoms with van der Waals surface area (Å²) < 4.78 is 68.9. The molecule has 34 heavy (non-hydrogen) atoms. The number of fused-ring (bicyclic) bond motifs is 1. The third kappa shape index (κ3) is 5.95. The van der Waals surface area contributed by atoms with E-state index in [4.69, 9.17) is 4.74 Å². The topological polar surface area (TPSA) is 59.5 Å². The Morgan fingerprint density at radius 1 is 1.03 bits per heavy atom. The molecule has 0 radical (unpaired) electrons. The Bertz CT molecular complexity index is 1240. The number of aryl methyl sites for hydroxylation is 1. The minimum Gasteiger partial charge on any atom is -0.494 e. The number of rotatable bonds is 7. The molecule has 0 saturated carbocycles. The van der Waals surface area contributed by atoms with Crippen molar-refractivity contribution >= 4 is 10.0 Å². The predicted molar refractivity (Wildman–Crippen MR) is 124 cm³/mol. The molecule has 2 aromatic carbocycles. The van der Waals surface area contributed by atoms with Crippen molar-refractivity contribution in [2.45, 2.75) is 32.0 Å². The van der Waals surface area contributed by atoms with Gasteiger partial charge < -0.3 is 4.74 Å². The molecule has 0 saturated heterocycles. The van der Waals surface area contributed by atoms with Gasteiger partial charge in [0.1, 0.15) is 5.75 Å². The number of sulfonamides is 1. The molecule has 1 aliphatic heterocycles. The molecule has 0 amide bonds. The van der Waals surface area contributed by atoms with Crippen molar-refractivity contribution in [2.75, 3.05) is 19.4 Å². The highest BCUT2D eigenvalue weighted by atomic mass is 32.2. The van der Waals surface area contributed by atoms with Gasteiger partial charge in [-0.25, -0.2) is 8.42 Å². The SMILES string of the molecule is CS(=O)(=O)N1CCc2cc(OCCCc3ccc(-c4ccc(C(F)(F)F)cn4)cc3)ccc2C1. The Morgan fingerprint density at radius 3 is 2.44 bits per heavy atom. The first-order valence-electron chi connectivity index (χ1n) is 10.9. The van der Waals surface area contributed by atoms with Crippen LogP contribution in [0.4, 0.5) is 13.2 Å². The van der Waals surface area contributed by atoms with E-state index in [1.54, 1.807) is 0 Å². The zero-order valence-corrected chi connectivity index (χ0v) is 19.5. The summed E-state index contributed by atoms with van der Waals surface area (Å²) in [5.41, 5.74) is 3.72. The van der Waals surface area contributed by atoms with E-state index in [9.17, 15) is 21.6 Å². The molecule has 1 aromatic heterocycles. The van der Waals surface area contributed by atoms with Crippen LogP contribution in [0.1, 0.15) is 28.7 Å². The van der Waals surface area contributed by atoms with E-state index in [1.807, 2.05) is 42.5 Å². The molecule has 5 nitrogen and oxygen atoms in total. The van der Waals surface area contributed by atoms with Gasteiger partial charge in [0.2, 0.25) is 10.0 Å². The number of alkyl halides is 3. The highest BCUT2D eigenvalue weighted by Crippen LogP contribution is 2.30. The van der Waals surface area contributed by atoms with Gasteiger partial charge in [-0.15, -0.1) is 0 Å². The number of nitrogens with zero attached hydrogens (tertiary/aromatic N) is 2. The van der Waals surface area contributed by atoms with Crippen LogP contribution in [-0.4, -0.2) is 37.1 Å². The average molecular weight is 491 g/mol. The Kier molecular flexibility index (Phi) is 6.95. The van der Waals surface area contributed by atoms with Crippen LogP contribution in [-0.2, 0) is 35.6 Å². The van der Waals surface area contributed by atoms with E-state index in [0.29, 0.717) is 31.8 Å². The standard InChI is InChI=1S/C25H25F3N2O3S/c1-34(31,32)30-13-12-20-15-23(10-8-21(20)17-30)33-14-2-3-18-4-6-19(7-5-18)24-11-9-22(16-29-24)25(26,27)28/h4-11,15-16H,2-3,12-14,17H2,1H3. The molecular weight excluding hydrogens is 465 g/mol. The largest absolute Gasteiger partial charge is 0.494 e. The molecule has 0 bridgehead atoms. The second kappa shape index (κ2) is 9.76. The lowest BCUT2D eigenvalue weighted by Gasteiger charge is -2.27. The summed E-state index contributed by atoms with van der Waals surface area (Å²) in [6.07, 6.45) is -0.0425. The molecular formula is C25H25F3N2O3S. The quantitative estimate of drug-likeness (QED) is 0.433. The number of pyridine rings is 1. The predicted octanol–water partition coefficient (Wildman–Crippen LogP) is 5.10. The lowest BCUT2D eigenvalue weighted by molar-refractivity contribution is -0.137. The normalized spacial score (nSPS) is 14.6. The second-order valence-electron chi connectivity index (χ2n) is 8.36. The van der Waals surface area contributed by atoms with Crippen LogP contribution in [0, 0.1) is 0 Å². The molecule has 0 N–H and O–H groups in total. The molecule has 2 heterocycles. The first-order valence-corrected chi connectivity index (χ1v) is 12.8. The molecule has 0 aliphatic carbocycles. The van der Waals surface area contributed by atoms with Crippen LogP contribution < -0.4 is 4.74 Å². The highest BCUT2D eigenvalue weighted by molar-refractivity contribution is 7.88. The summed E-state index contributed by atoms with van der Waals surface area (Å²) in [6, 6.07) is 15.8. The molecule has 0 unspecified atom stereocenters. The average Bonchev–Trinajstić information content (AvgIpc) is 2.81. The Morgan fingerprint density at radius 2 is 1.79 bits per heavy atom. The van der Waals surface area contributed by atoms with E-state index < -0.39 is 21.8 Å². The summed E-state index contributed by atoms with van der Waals surface area (Å²) in [4.78, 5) is 3.93. The molecule has 9 heteroatoms. The molecule has 3 aromatic rings. The summed E-state index contributed by atoms with van der Waals surface area (Å²) in [5, 5.41) is 0. The fourth-order valence-electron chi connectivity index (χ4n) is 3.92. The summed E-state index contributed by atoms with van der Waals surface area (Å²) >= 11 is 0. The van der Waals surface area contributed by atoms with Crippen LogP contribution in [0.25, 0.3) is 11.3 Å². The van der Waals surface area contributed by atoms with Crippen LogP contribution in [0.15, 0.2) is 60.8 Å². The van der Waals surface area contributed by atoms with Gasteiger partial charge in [0.05, 0.1) is 24.1 Å². The maximum Gasteiger partial charge on any atom is 0.417 e. The van der Waals surface area contributed by atoms with Gasteiger partial charge in [0, 0.05) is 24.8 Å². The number of benzene rings is 2. The van der Waals surface area contributed by atoms with E-state index in [1.165, 1.54) is 16.6 Å². The Balaban J connectivity index is 1.27. The molecule has 0 spiro atoms. The van der Waals surface area contributed by atoms with E-state index in [-0.39, 0.29) is 0 Å². The molecule has 0 atom stereocenters. The van der Waals surface area contributed by atoms with Crippen LogP contribution in [0.3, 0.4) is 0 Å². The Labute approximate surface area is 197 Å². The Hall–Kier alpha value is -2.91. The van der Waals surface area contributed by atoms with Crippen molar-refractivity contribution in [3.8, 4) is 17.0 Å². The van der Waals surface area contributed by atoms with Gasteiger partial charge in [0.15, 0.2) is 0 Å². The number of hydrogen-bond acceptors (Lipinski definition) is 4. The third-order valence-electron chi connectivity index (χ3n) is 5.84. The second-order valence-corrected chi connectivity index (χ2v) is 10.3. The smallest absolute Gasteiger partial charge is 0.417 e. The van der Waals surface area contributed by atoms with Crippen LogP contribution in [0.5, 0.6) is 5.75 Å². The number of hydrogen-bond donors (Lipinski definition) is 0. The molecule has 180 valence electrons. The van der Waals surface area contributed by atoms with Crippen molar-refractivity contribution in [3.05, 3.63) is 83.0 Å². The third-order valence-corrected chi connectivity index (χ3v) is 7.09. The minimum absolute atomic E-state index is 0.395. The van der Waals surface area contributed by atoms with Gasteiger partial charge in [0.25, 0.3) is 0 Å². The fourth-order valence-corrected chi connectivity index (χ4v) is 4.71. The number of halogens is 3. The monoisotopic (exact) mass is 490 g/mol.